The third-order valence-corrected chi connectivity index (χ3v) is 1.82. The van der Waals surface area contributed by atoms with Crippen LogP contribution < -0.4 is 9.47 Å². The highest BCUT2D eigenvalue weighted by molar-refractivity contribution is 5.56. The van der Waals surface area contributed by atoms with E-state index in [1.165, 1.54) is 0 Å². The molecular weight excluding hydrogens is 201 g/mol. The van der Waals surface area contributed by atoms with Crippen molar-refractivity contribution in [2.24, 2.45) is 0 Å². The van der Waals surface area contributed by atoms with Gasteiger partial charge in [-0.2, -0.15) is 13.2 Å². The molecule has 76 valence electrons. The summed E-state index contributed by atoms with van der Waals surface area (Å²) in [6.45, 7) is -0.176. The lowest BCUT2D eigenvalue weighted by Crippen LogP contribution is -2.05. The largest absolute Gasteiger partial charge is 0.504 e. The van der Waals surface area contributed by atoms with E-state index >= 15 is 0 Å². The maximum atomic E-state index is 12.3. The maximum Gasteiger partial charge on any atom is 0.420 e. The minimum atomic E-state index is -4.59. The molecule has 0 saturated heterocycles. The predicted octanol–water partition coefficient (Wildman–Crippen LogP) is 2.14. The summed E-state index contributed by atoms with van der Waals surface area (Å²) in [6, 6.07) is 1.87. The second-order valence-corrected chi connectivity index (χ2v) is 2.69. The number of alkyl halides is 3. The molecule has 0 fully saturated rings. The molecule has 0 saturated carbocycles. The van der Waals surface area contributed by atoms with E-state index in [0.29, 0.717) is 0 Å². The number of hydrogen-bond donors (Lipinski definition) is 1. The Hall–Kier alpha value is -1.59. The molecule has 0 radical (unpaired) electrons. The van der Waals surface area contributed by atoms with Gasteiger partial charge in [-0.3, -0.25) is 0 Å². The smallest absolute Gasteiger partial charge is 0.420 e. The van der Waals surface area contributed by atoms with Crippen LogP contribution in [0.4, 0.5) is 13.2 Å². The van der Waals surface area contributed by atoms with Crippen molar-refractivity contribution in [2.75, 3.05) is 6.79 Å². The van der Waals surface area contributed by atoms with Crippen molar-refractivity contribution in [3.05, 3.63) is 17.7 Å². The summed E-state index contributed by atoms with van der Waals surface area (Å²) < 4.78 is 46.3. The topological polar surface area (TPSA) is 38.7 Å². The molecule has 3 nitrogen and oxygen atoms in total. The van der Waals surface area contributed by atoms with Crippen molar-refractivity contribution >= 4 is 0 Å². The highest BCUT2D eigenvalue weighted by Gasteiger charge is 2.37. The summed E-state index contributed by atoms with van der Waals surface area (Å²) in [6.07, 6.45) is -4.59. The normalized spacial score (nSPS) is 14.5. The average molecular weight is 206 g/mol. The molecule has 2 rings (SSSR count). The van der Waals surface area contributed by atoms with Gasteiger partial charge in [-0.1, -0.05) is 0 Å². The second kappa shape index (κ2) is 2.70. The van der Waals surface area contributed by atoms with Crippen molar-refractivity contribution in [3.63, 3.8) is 0 Å². The lowest BCUT2D eigenvalue weighted by Gasteiger charge is -2.09. The first-order chi connectivity index (χ1) is 6.50. The van der Waals surface area contributed by atoms with Crippen LogP contribution in [0.25, 0.3) is 0 Å². The van der Waals surface area contributed by atoms with E-state index in [4.69, 9.17) is 9.47 Å². The van der Waals surface area contributed by atoms with Gasteiger partial charge in [0.15, 0.2) is 11.5 Å². The van der Waals surface area contributed by atoms with Gasteiger partial charge in [-0.15, -0.1) is 0 Å². The van der Waals surface area contributed by atoms with Crippen molar-refractivity contribution in [1.29, 1.82) is 0 Å². The minimum Gasteiger partial charge on any atom is -0.504 e. The first-order valence-electron chi connectivity index (χ1n) is 3.69. The maximum absolute atomic E-state index is 12.3. The molecule has 0 atom stereocenters. The van der Waals surface area contributed by atoms with Gasteiger partial charge in [0, 0.05) is 0 Å². The number of ether oxygens (including phenoxy) is 2. The van der Waals surface area contributed by atoms with Gasteiger partial charge in [-0.05, 0) is 12.1 Å². The van der Waals surface area contributed by atoms with E-state index in [1.54, 1.807) is 0 Å². The molecule has 0 aromatic heterocycles. The zero-order valence-electron chi connectivity index (χ0n) is 6.76. The summed E-state index contributed by atoms with van der Waals surface area (Å²) in [5.74, 6) is -1.05. The number of rotatable bonds is 0. The fourth-order valence-electron chi connectivity index (χ4n) is 1.19. The number of fused-ring (bicyclic) bond motifs is 1. The van der Waals surface area contributed by atoms with Crippen LogP contribution in [0.15, 0.2) is 12.1 Å². The zero-order valence-corrected chi connectivity index (χ0v) is 6.76. The van der Waals surface area contributed by atoms with Crippen LogP contribution in [0, 0.1) is 0 Å². The number of hydrogen-bond acceptors (Lipinski definition) is 3. The third kappa shape index (κ3) is 1.23. The molecule has 6 heteroatoms. The lowest BCUT2D eigenvalue weighted by molar-refractivity contribution is -0.138. The Bertz CT molecular complexity index is 373. The molecule has 0 aliphatic carbocycles. The molecule has 1 aromatic carbocycles. The summed E-state index contributed by atoms with van der Waals surface area (Å²) in [5.41, 5.74) is -1.12. The summed E-state index contributed by atoms with van der Waals surface area (Å²) >= 11 is 0. The Morgan fingerprint density at radius 3 is 2.57 bits per heavy atom. The summed E-state index contributed by atoms with van der Waals surface area (Å²) in [5, 5.41) is 9.22. The number of benzene rings is 1. The second-order valence-electron chi connectivity index (χ2n) is 2.69. The highest BCUT2D eigenvalue weighted by Crippen LogP contribution is 2.47. The molecule has 1 aliphatic heterocycles. The monoisotopic (exact) mass is 206 g/mol. The van der Waals surface area contributed by atoms with Gasteiger partial charge in [0.2, 0.25) is 12.5 Å². The van der Waals surface area contributed by atoms with Crippen LogP contribution in [0.2, 0.25) is 0 Å². The van der Waals surface area contributed by atoms with Crippen molar-refractivity contribution in [1.82, 2.24) is 0 Å². The standard InChI is InChI=1S/C8H5F3O3/c9-8(10,11)4-1-2-5-7(6(4)12)14-3-13-5/h1-2,12H,3H2. The lowest BCUT2D eigenvalue weighted by atomic mass is 10.1. The van der Waals surface area contributed by atoms with E-state index in [1.807, 2.05) is 0 Å². The molecule has 0 unspecified atom stereocenters. The van der Waals surface area contributed by atoms with Crippen molar-refractivity contribution in [2.45, 2.75) is 6.18 Å². The van der Waals surface area contributed by atoms with Crippen LogP contribution in [-0.2, 0) is 6.18 Å². The molecule has 1 aliphatic rings. The van der Waals surface area contributed by atoms with E-state index in [0.717, 1.165) is 12.1 Å². The molecule has 1 aromatic rings. The quantitative estimate of drug-likeness (QED) is 0.706. The van der Waals surface area contributed by atoms with Gasteiger partial charge >= 0.3 is 6.18 Å². The molecule has 1 N–H and O–H groups in total. The zero-order chi connectivity index (χ0) is 10.3. The van der Waals surface area contributed by atoms with E-state index < -0.39 is 17.5 Å². The highest BCUT2D eigenvalue weighted by atomic mass is 19.4. The predicted molar refractivity (Wildman–Crippen MR) is 39.2 cm³/mol. The van der Waals surface area contributed by atoms with Gasteiger partial charge in [0.25, 0.3) is 0 Å². The molecule has 0 amide bonds. The Balaban J connectivity index is 2.56. The van der Waals surface area contributed by atoms with Gasteiger partial charge in [0.1, 0.15) is 5.56 Å². The Morgan fingerprint density at radius 1 is 1.21 bits per heavy atom. The van der Waals surface area contributed by atoms with Crippen LogP contribution >= 0.6 is 0 Å². The SMILES string of the molecule is Oc1c(C(F)(F)F)ccc2c1OCO2. The van der Waals surface area contributed by atoms with Crippen LogP contribution in [0.3, 0.4) is 0 Å². The Kier molecular flexibility index (Phi) is 1.73. The third-order valence-electron chi connectivity index (χ3n) is 1.82. The molecule has 0 spiro atoms. The number of halogens is 3. The number of aromatic hydroxyl groups is 1. The van der Waals surface area contributed by atoms with Gasteiger partial charge < -0.3 is 14.6 Å². The summed E-state index contributed by atoms with van der Waals surface area (Å²) in [7, 11) is 0. The van der Waals surface area contributed by atoms with Gasteiger partial charge in [-0.25, -0.2) is 0 Å². The Labute approximate surface area is 76.7 Å². The van der Waals surface area contributed by atoms with E-state index in [2.05, 4.69) is 0 Å². The number of phenolic OH excluding ortho intramolecular Hbond substituents is 1. The van der Waals surface area contributed by atoms with Gasteiger partial charge in [0.05, 0.1) is 0 Å². The fourth-order valence-corrected chi connectivity index (χ4v) is 1.19. The molecule has 1 heterocycles. The minimum absolute atomic E-state index is 0.121. The molecule has 0 bridgehead atoms. The number of phenols is 1. The van der Waals surface area contributed by atoms with Crippen molar-refractivity contribution < 1.29 is 27.8 Å². The van der Waals surface area contributed by atoms with Crippen LogP contribution in [-0.4, -0.2) is 11.9 Å². The Morgan fingerprint density at radius 2 is 1.93 bits per heavy atom. The first kappa shape index (κ1) is 8.98. The van der Waals surface area contributed by atoms with Crippen molar-refractivity contribution in [3.8, 4) is 17.2 Å². The first-order valence-corrected chi connectivity index (χ1v) is 3.69. The van der Waals surface area contributed by atoms with Crippen LogP contribution in [0.5, 0.6) is 17.2 Å². The van der Waals surface area contributed by atoms with E-state index in [9.17, 15) is 18.3 Å². The average Bonchev–Trinajstić information content (AvgIpc) is 2.50. The van der Waals surface area contributed by atoms with Crippen LogP contribution in [0.1, 0.15) is 5.56 Å². The molecule has 14 heavy (non-hydrogen) atoms. The molecular formula is C8H5F3O3. The fraction of sp³-hybridized carbons (Fsp3) is 0.250. The summed E-state index contributed by atoms with van der Waals surface area (Å²) in [4.78, 5) is 0. The van der Waals surface area contributed by atoms with E-state index in [-0.39, 0.29) is 18.3 Å².